The third-order valence-electron chi connectivity index (χ3n) is 3.71. The average molecular weight is 342 g/mol. The highest BCUT2D eigenvalue weighted by molar-refractivity contribution is 5.86. The third kappa shape index (κ3) is 5.57. The molecule has 0 saturated heterocycles. The van der Waals surface area contributed by atoms with Gasteiger partial charge in [0.05, 0.1) is 7.11 Å². The smallest absolute Gasteiger partial charge is 0.328 e. The van der Waals surface area contributed by atoms with Crippen LogP contribution in [0.15, 0.2) is 42.5 Å². The van der Waals surface area contributed by atoms with Gasteiger partial charge in [-0.25, -0.2) is 4.79 Å². The maximum Gasteiger partial charge on any atom is 0.328 e. The fraction of sp³-hybridized carbons (Fsp3) is 0.250. The zero-order valence-corrected chi connectivity index (χ0v) is 14.6. The first kappa shape index (κ1) is 18.4. The van der Waals surface area contributed by atoms with Gasteiger partial charge in [0.25, 0.3) is 0 Å². The number of ether oxygens (including phenoxy) is 3. The zero-order valence-electron chi connectivity index (χ0n) is 14.6. The van der Waals surface area contributed by atoms with E-state index in [0.29, 0.717) is 30.3 Å². The Balaban J connectivity index is 1.98. The maximum atomic E-state index is 10.7. The summed E-state index contributed by atoms with van der Waals surface area (Å²) in [6, 6.07) is 11.1. The van der Waals surface area contributed by atoms with Gasteiger partial charge in [-0.15, -0.1) is 0 Å². The van der Waals surface area contributed by atoms with Crippen molar-refractivity contribution < 1.29 is 24.1 Å². The molecule has 0 amide bonds. The second-order valence-corrected chi connectivity index (χ2v) is 5.52. The van der Waals surface area contributed by atoms with E-state index in [1.54, 1.807) is 25.3 Å². The van der Waals surface area contributed by atoms with Crippen molar-refractivity contribution in [2.75, 3.05) is 20.3 Å². The predicted octanol–water partition coefficient (Wildman–Crippen LogP) is 3.87. The van der Waals surface area contributed by atoms with Crippen LogP contribution in [-0.4, -0.2) is 31.4 Å². The first-order valence-electron chi connectivity index (χ1n) is 7.91. The molecule has 0 spiro atoms. The number of carbonyl (C=O) groups is 1. The first-order chi connectivity index (χ1) is 12.0. The maximum absolute atomic E-state index is 10.7. The topological polar surface area (TPSA) is 65.0 Å². The molecule has 0 bridgehead atoms. The van der Waals surface area contributed by atoms with Gasteiger partial charge >= 0.3 is 5.97 Å². The molecule has 5 nitrogen and oxygen atoms in total. The molecule has 5 heteroatoms. The van der Waals surface area contributed by atoms with Crippen LogP contribution in [0.4, 0.5) is 0 Å². The van der Waals surface area contributed by atoms with Gasteiger partial charge in [-0.1, -0.05) is 6.07 Å². The minimum Gasteiger partial charge on any atom is -0.497 e. The van der Waals surface area contributed by atoms with E-state index in [2.05, 4.69) is 6.92 Å². The molecule has 0 radical (unpaired) electrons. The number of aliphatic carboxylic acids is 1. The van der Waals surface area contributed by atoms with E-state index in [1.807, 2.05) is 25.1 Å². The molecule has 0 saturated carbocycles. The summed E-state index contributed by atoms with van der Waals surface area (Å²) in [5.74, 6) is 0.960. The Kier molecular flexibility index (Phi) is 6.46. The van der Waals surface area contributed by atoms with Crippen LogP contribution in [0.3, 0.4) is 0 Å². The van der Waals surface area contributed by atoms with E-state index < -0.39 is 5.97 Å². The van der Waals surface area contributed by atoms with Crippen molar-refractivity contribution in [3.8, 4) is 17.2 Å². The molecular formula is C20H22O5. The zero-order chi connectivity index (χ0) is 18.2. The summed E-state index contributed by atoms with van der Waals surface area (Å²) in [6.45, 7) is 4.79. The monoisotopic (exact) mass is 342 g/mol. The Bertz CT molecular complexity index is 765. The molecule has 2 rings (SSSR count). The van der Waals surface area contributed by atoms with Crippen LogP contribution in [0.5, 0.6) is 17.2 Å². The van der Waals surface area contributed by atoms with Gasteiger partial charge in [-0.05, 0) is 55.3 Å². The minimum absolute atomic E-state index is 0.327. The average Bonchev–Trinajstić information content (AvgIpc) is 2.60. The van der Waals surface area contributed by atoms with Crippen molar-refractivity contribution in [3.63, 3.8) is 0 Å². The molecule has 0 heterocycles. The van der Waals surface area contributed by atoms with E-state index in [0.717, 1.165) is 11.8 Å². The number of hydrogen-bond acceptors (Lipinski definition) is 4. The molecule has 0 aliphatic heterocycles. The number of aryl methyl sites for hydroxylation is 2. The van der Waals surface area contributed by atoms with E-state index in [1.165, 1.54) is 17.2 Å². The van der Waals surface area contributed by atoms with Crippen molar-refractivity contribution in [2.45, 2.75) is 13.8 Å². The molecule has 0 aliphatic carbocycles. The van der Waals surface area contributed by atoms with Crippen molar-refractivity contribution in [2.24, 2.45) is 0 Å². The summed E-state index contributed by atoms with van der Waals surface area (Å²) < 4.78 is 16.6. The molecule has 0 fully saturated rings. The fourth-order valence-electron chi connectivity index (χ4n) is 2.18. The van der Waals surface area contributed by atoms with Crippen LogP contribution in [0.2, 0.25) is 0 Å². The van der Waals surface area contributed by atoms with Crippen molar-refractivity contribution in [1.82, 2.24) is 0 Å². The van der Waals surface area contributed by atoms with Crippen LogP contribution in [0.25, 0.3) is 6.08 Å². The van der Waals surface area contributed by atoms with Gasteiger partial charge in [0, 0.05) is 17.7 Å². The van der Waals surface area contributed by atoms with Crippen molar-refractivity contribution in [1.29, 1.82) is 0 Å². The Morgan fingerprint density at radius 3 is 2.40 bits per heavy atom. The van der Waals surface area contributed by atoms with Gasteiger partial charge < -0.3 is 19.3 Å². The SMILES string of the molecule is COc1ccc(C=CC(=O)O)c(OCCOc2ccc(C)c(C)c2)c1. The number of benzene rings is 2. The van der Waals surface area contributed by atoms with Crippen LogP contribution in [-0.2, 0) is 4.79 Å². The molecule has 0 aliphatic rings. The van der Waals surface area contributed by atoms with Gasteiger partial charge in [-0.3, -0.25) is 0 Å². The summed E-state index contributed by atoms with van der Waals surface area (Å²) in [4.78, 5) is 10.7. The second kappa shape index (κ2) is 8.78. The summed E-state index contributed by atoms with van der Waals surface area (Å²) >= 11 is 0. The predicted molar refractivity (Wildman–Crippen MR) is 96.6 cm³/mol. The van der Waals surface area contributed by atoms with Crippen LogP contribution >= 0.6 is 0 Å². The lowest BCUT2D eigenvalue weighted by Gasteiger charge is -2.12. The molecule has 0 aromatic heterocycles. The molecule has 0 atom stereocenters. The minimum atomic E-state index is -1.01. The number of carboxylic acids is 1. The Morgan fingerprint density at radius 2 is 1.72 bits per heavy atom. The van der Waals surface area contributed by atoms with E-state index in [-0.39, 0.29) is 0 Å². The van der Waals surface area contributed by atoms with Crippen LogP contribution in [0.1, 0.15) is 16.7 Å². The standard InChI is InChI=1S/C20H22O5/c1-14-4-7-18(12-15(14)2)24-10-11-25-19-13-17(23-3)8-5-16(19)6-9-20(21)22/h4-9,12-13H,10-11H2,1-3H3,(H,21,22). The first-order valence-corrected chi connectivity index (χ1v) is 7.91. The lowest BCUT2D eigenvalue weighted by molar-refractivity contribution is -0.131. The van der Waals surface area contributed by atoms with Gasteiger partial charge in [-0.2, -0.15) is 0 Å². The highest BCUT2D eigenvalue weighted by atomic mass is 16.5. The van der Waals surface area contributed by atoms with Gasteiger partial charge in [0.15, 0.2) is 0 Å². The highest BCUT2D eigenvalue weighted by Crippen LogP contribution is 2.26. The van der Waals surface area contributed by atoms with E-state index in [9.17, 15) is 4.79 Å². The van der Waals surface area contributed by atoms with Gasteiger partial charge in [0.1, 0.15) is 30.5 Å². The molecular weight excluding hydrogens is 320 g/mol. The van der Waals surface area contributed by atoms with Gasteiger partial charge in [0.2, 0.25) is 0 Å². The Labute approximate surface area is 147 Å². The molecule has 1 N–H and O–H groups in total. The largest absolute Gasteiger partial charge is 0.497 e. The van der Waals surface area contributed by atoms with Crippen molar-refractivity contribution in [3.05, 3.63) is 59.2 Å². The highest BCUT2D eigenvalue weighted by Gasteiger charge is 2.05. The van der Waals surface area contributed by atoms with Crippen molar-refractivity contribution >= 4 is 12.0 Å². The van der Waals surface area contributed by atoms with E-state index in [4.69, 9.17) is 19.3 Å². The van der Waals surface area contributed by atoms with E-state index >= 15 is 0 Å². The van der Waals surface area contributed by atoms with Crippen LogP contribution < -0.4 is 14.2 Å². The Hall–Kier alpha value is -2.95. The third-order valence-corrected chi connectivity index (χ3v) is 3.71. The molecule has 2 aromatic rings. The number of methoxy groups -OCH3 is 1. The lowest BCUT2D eigenvalue weighted by Crippen LogP contribution is -2.10. The number of hydrogen-bond donors (Lipinski definition) is 1. The molecule has 0 unspecified atom stereocenters. The molecule has 2 aromatic carbocycles. The van der Waals surface area contributed by atoms with Crippen LogP contribution in [0, 0.1) is 13.8 Å². The normalized spacial score (nSPS) is 10.7. The lowest BCUT2D eigenvalue weighted by atomic mass is 10.1. The Morgan fingerprint density at radius 1 is 1.00 bits per heavy atom. The molecule has 132 valence electrons. The quantitative estimate of drug-likeness (QED) is 0.583. The summed E-state index contributed by atoms with van der Waals surface area (Å²) in [5, 5.41) is 8.78. The number of carboxylic acid groups (broad SMARTS) is 1. The summed E-state index contributed by atoms with van der Waals surface area (Å²) in [5.41, 5.74) is 3.05. The molecule has 25 heavy (non-hydrogen) atoms. The number of rotatable bonds is 8. The summed E-state index contributed by atoms with van der Waals surface area (Å²) in [7, 11) is 1.56. The fourth-order valence-corrected chi connectivity index (χ4v) is 2.18. The summed E-state index contributed by atoms with van der Waals surface area (Å²) in [6.07, 6.45) is 2.56. The second-order valence-electron chi connectivity index (χ2n) is 5.52.